The minimum Gasteiger partial charge on any atom is -0.379 e. The van der Waals surface area contributed by atoms with Crippen molar-refractivity contribution in [3.05, 3.63) is 0 Å². The van der Waals surface area contributed by atoms with Crippen molar-refractivity contribution in [2.24, 2.45) is 5.41 Å². The van der Waals surface area contributed by atoms with Crippen LogP contribution in [0.5, 0.6) is 0 Å². The van der Waals surface area contributed by atoms with Crippen molar-refractivity contribution in [1.29, 1.82) is 0 Å². The lowest BCUT2D eigenvalue weighted by Crippen LogP contribution is -2.45. The first-order valence-electron chi connectivity index (χ1n) is 6.15. The first-order valence-corrected chi connectivity index (χ1v) is 6.15. The monoisotopic (exact) mass is 212 g/mol. The number of hydrogen-bond donors (Lipinski definition) is 2. The number of ether oxygens (including phenoxy) is 1. The van der Waals surface area contributed by atoms with Crippen LogP contribution in [0.15, 0.2) is 0 Å². The maximum Gasteiger partial charge on any atom is 0.0620 e. The standard InChI is InChI=1S/C12H24N2O/c1-9(14-11-7-12(11,2)3)6-10-8-15-5-4-13-10/h9-11,13-14H,4-8H2,1-3H3. The van der Waals surface area contributed by atoms with Gasteiger partial charge < -0.3 is 15.4 Å². The Labute approximate surface area is 93.0 Å². The quantitative estimate of drug-likeness (QED) is 0.733. The lowest BCUT2D eigenvalue weighted by atomic mass is 10.1. The second-order valence-corrected chi connectivity index (χ2v) is 5.77. The van der Waals surface area contributed by atoms with Gasteiger partial charge in [-0.15, -0.1) is 0 Å². The molecule has 0 aromatic carbocycles. The van der Waals surface area contributed by atoms with E-state index < -0.39 is 0 Å². The molecule has 0 bridgehead atoms. The second kappa shape index (κ2) is 4.40. The van der Waals surface area contributed by atoms with Gasteiger partial charge in [0, 0.05) is 24.7 Å². The van der Waals surface area contributed by atoms with Gasteiger partial charge in [-0.3, -0.25) is 0 Å². The molecule has 2 N–H and O–H groups in total. The Morgan fingerprint density at radius 1 is 1.53 bits per heavy atom. The number of nitrogens with one attached hydrogen (secondary N) is 2. The van der Waals surface area contributed by atoms with Gasteiger partial charge in [-0.2, -0.15) is 0 Å². The maximum atomic E-state index is 5.45. The second-order valence-electron chi connectivity index (χ2n) is 5.77. The topological polar surface area (TPSA) is 33.3 Å². The molecule has 0 spiro atoms. The fourth-order valence-corrected chi connectivity index (χ4v) is 2.36. The van der Waals surface area contributed by atoms with Crippen molar-refractivity contribution < 1.29 is 4.74 Å². The molecule has 3 unspecified atom stereocenters. The molecule has 1 saturated heterocycles. The molecule has 0 aromatic heterocycles. The van der Waals surface area contributed by atoms with Gasteiger partial charge in [-0.1, -0.05) is 13.8 Å². The highest BCUT2D eigenvalue weighted by atomic mass is 16.5. The van der Waals surface area contributed by atoms with Gasteiger partial charge in [0.1, 0.15) is 0 Å². The van der Waals surface area contributed by atoms with E-state index in [9.17, 15) is 0 Å². The summed E-state index contributed by atoms with van der Waals surface area (Å²) in [5, 5.41) is 7.20. The minimum atomic E-state index is 0.532. The van der Waals surface area contributed by atoms with Crippen LogP contribution in [0.4, 0.5) is 0 Å². The van der Waals surface area contributed by atoms with Gasteiger partial charge in [-0.05, 0) is 25.2 Å². The van der Waals surface area contributed by atoms with Crippen LogP contribution in [0, 0.1) is 5.41 Å². The third-order valence-corrected chi connectivity index (χ3v) is 3.64. The number of hydrogen-bond acceptors (Lipinski definition) is 3. The van der Waals surface area contributed by atoms with Gasteiger partial charge in [0.15, 0.2) is 0 Å². The predicted molar refractivity (Wildman–Crippen MR) is 62.0 cm³/mol. The highest BCUT2D eigenvalue weighted by Crippen LogP contribution is 2.44. The van der Waals surface area contributed by atoms with Crippen molar-refractivity contribution in [2.45, 2.75) is 51.7 Å². The molecule has 0 aromatic rings. The highest BCUT2D eigenvalue weighted by Gasteiger charge is 2.45. The Morgan fingerprint density at radius 2 is 2.27 bits per heavy atom. The molecule has 88 valence electrons. The van der Waals surface area contributed by atoms with Crippen LogP contribution in [0.1, 0.15) is 33.6 Å². The molecule has 3 nitrogen and oxygen atoms in total. The molecule has 1 aliphatic carbocycles. The molecule has 0 radical (unpaired) electrons. The fourth-order valence-electron chi connectivity index (χ4n) is 2.36. The molecule has 0 amide bonds. The van der Waals surface area contributed by atoms with E-state index >= 15 is 0 Å². The molecular weight excluding hydrogens is 188 g/mol. The van der Waals surface area contributed by atoms with Crippen LogP contribution < -0.4 is 10.6 Å². The first kappa shape index (κ1) is 11.4. The molecule has 2 rings (SSSR count). The van der Waals surface area contributed by atoms with E-state index in [-0.39, 0.29) is 0 Å². The lowest BCUT2D eigenvalue weighted by Gasteiger charge is -2.27. The van der Waals surface area contributed by atoms with E-state index in [0.717, 1.165) is 25.8 Å². The summed E-state index contributed by atoms with van der Waals surface area (Å²) >= 11 is 0. The van der Waals surface area contributed by atoms with E-state index in [2.05, 4.69) is 31.4 Å². The Bertz CT molecular complexity index is 212. The normalized spacial score (nSPS) is 36.2. The van der Waals surface area contributed by atoms with Gasteiger partial charge in [0.05, 0.1) is 13.2 Å². The summed E-state index contributed by atoms with van der Waals surface area (Å²) in [6.45, 7) is 9.70. The first-order chi connectivity index (χ1) is 7.08. The molecule has 1 saturated carbocycles. The summed E-state index contributed by atoms with van der Waals surface area (Å²) < 4.78 is 5.45. The zero-order valence-corrected chi connectivity index (χ0v) is 10.2. The summed E-state index contributed by atoms with van der Waals surface area (Å²) in [6, 6.07) is 1.87. The molecular formula is C12H24N2O. The molecule has 1 heterocycles. The highest BCUT2D eigenvalue weighted by molar-refractivity contribution is 5.02. The zero-order chi connectivity index (χ0) is 10.9. The van der Waals surface area contributed by atoms with Crippen molar-refractivity contribution in [2.75, 3.05) is 19.8 Å². The predicted octanol–water partition coefficient (Wildman–Crippen LogP) is 1.14. The van der Waals surface area contributed by atoms with Crippen molar-refractivity contribution in [3.63, 3.8) is 0 Å². The lowest BCUT2D eigenvalue weighted by molar-refractivity contribution is 0.0710. The van der Waals surface area contributed by atoms with E-state index in [1.54, 1.807) is 0 Å². The van der Waals surface area contributed by atoms with Gasteiger partial charge in [0.25, 0.3) is 0 Å². The Hall–Kier alpha value is -0.120. The van der Waals surface area contributed by atoms with Crippen LogP contribution in [-0.2, 0) is 4.74 Å². The van der Waals surface area contributed by atoms with Gasteiger partial charge in [-0.25, -0.2) is 0 Å². The van der Waals surface area contributed by atoms with Crippen molar-refractivity contribution in [3.8, 4) is 0 Å². The summed E-state index contributed by atoms with van der Waals surface area (Å²) in [5.41, 5.74) is 0.532. The minimum absolute atomic E-state index is 0.532. The molecule has 15 heavy (non-hydrogen) atoms. The van der Waals surface area contributed by atoms with Crippen LogP contribution in [0.3, 0.4) is 0 Å². The molecule has 1 aliphatic heterocycles. The van der Waals surface area contributed by atoms with Crippen LogP contribution in [-0.4, -0.2) is 37.9 Å². The number of rotatable bonds is 4. The summed E-state index contributed by atoms with van der Waals surface area (Å²) in [5.74, 6) is 0. The summed E-state index contributed by atoms with van der Waals surface area (Å²) in [4.78, 5) is 0. The molecule has 2 aliphatic rings. The van der Waals surface area contributed by atoms with Gasteiger partial charge >= 0.3 is 0 Å². The van der Waals surface area contributed by atoms with Crippen molar-refractivity contribution >= 4 is 0 Å². The SMILES string of the molecule is CC(CC1COCCN1)NC1CC1(C)C. The number of morpholine rings is 1. The Morgan fingerprint density at radius 3 is 2.80 bits per heavy atom. The Balaban J connectivity index is 1.66. The third-order valence-electron chi connectivity index (χ3n) is 3.64. The maximum absolute atomic E-state index is 5.45. The largest absolute Gasteiger partial charge is 0.379 e. The zero-order valence-electron chi connectivity index (χ0n) is 10.2. The van der Waals surface area contributed by atoms with E-state index in [1.807, 2.05) is 0 Å². The molecule has 3 heteroatoms. The molecule has 3 atom stereocenters. The van der Waals surface area contributed by atoms with Crippen LogP contribution >= 0.6 is 0 Å². The Kier molecular flexibility index (Phi) is 3.33. The fraction of sp³-hybridized carbons (Fsp3) is 1.00. The average molecular weight is 212 g/mol. The van der Waals surface area contributed by atoms with E-state index in [0.29, 0.717) is 17.5 Å². The van der Waals surface area contributed by atoms with Crippen LogP contribution in [0.2, 0.25) is 0 Å². The van der Waals surface area contributed by atoms with Crippen LogP contribution in [0.25, 0.3) is 0 Å². The summed E-state index contributed by atoms with van der Waals surface area (Å²) in [6.07, 6.45) is 2.50. The summed E-state index contributed by atoms with van der Waals surface area (Å²) in [7, 11) is 0. The third kappa shape index (κ3) is 3.16. The average Bonchev–Trinajstić information content (AvgIpc) is 2.74. The van der Waals surface area contributed by atoms with Crippen molar-refractivity contribution in [1.82, 2.24) is 10.6 Å². The van der Waals surface area contributed by atoms with Gasteiger partial charge in [0.2, 0.25) is 0 Å². The smallest absolute Gasteiger partial charge is 0.0620 e. The van der Waals surface area contributed by atoms with E-state index in [1.165, 1.54) is 12.8 Å². The van der Waals surface area contributed by atoms with E-state index in [4.69, 9.17) is 4.74 Å². The molecule has 2 fully saturated rings.